The average molecular weight is 331 g/mol. The summed E-state index contributed by atoms with van der Waals surface area (Å²) < 4.78 is 39.1. The highest BCUT2D eigenvalue weighted by molar-refractivity contribution is 7.94. The zero-order valence-electron chi connectivity index (χ0n) is 10.7. The molecule has 2 N–H and O–H groups in total. The molecule has 0 fully saturated rings. The fourth-order valence-corrected chi connectivity index (χ4v) is 3.87. The molecule has 0 unspecified atom stereocenters. The molecule has 0 atom stereocenters. The van der Waals surface area contributed by atoms with Gasteiger partial charge in [0.15, 0.2) is 5.00 Å². The molecular weight excluding hydrogens is 321 g/mol. The summed E-state index contributed by atoms with van der Waals surface area (Å²) in [7, 11) is -2.51. The summed E-state index contributed by atoms with van der Waals surface area (Å²) in [6.07, 6.45) is 0. The quantitative estimate of drug-likeness (QED) is 0.648. The summed E-state index contributed by atoms with van der Waals surface area (Å²) in [5, 5.41) is 13.5. The highest BCUT2D eigenvalue weighted by atomic mass is 32.2. The number of benzene rings is 1. The zero-order valence-corrected chi connectivity index (χ0v) is 12.3. The fraction of sp³-hybridized carbons (Fsp3) is 0.0909. The summed E-state index contributed by atoms with van der Waals surface area (Å²) in [5.74, 6) is -0.498. The lowest BCUT2D eigenvalue weighted by molar-refractivity contribution is -0.383. The van der Waals surface area contributed by atoms with E-state index in [0.717, 1.165) is 29.5 Å². The van der Waals surface area contributed by atoms with Gasteiger partial charge in [-0.05, 0) is 24.3 Å². The van der Waals surface area contributed by atoms with Crippen molar-refractivity contribution < 1.29 is 17.7 Å². The molecule has 2 rings (SSSR count). The Morgan fingerprint density at radius 2 is 1.90 bits per heavy atom. The third-order valence-corrected chi connectivity index (χ3v) is 5.47. The van der Waals surface area contributed by atoms with Crippen LogP contribution in [0.5, 0.6) is 0 Å². The van der Waals surface area contributed by atoms with Gasteiger partial charge in [-0.3, -0.25) is 14.8 Å². The summed E-state index contributed by atoms with van der Waals surface area (Å²) in [4.78, 5) is 10.2. The lowest BCUT2D eigenvalue weighted by Crippen LogP contribution is -2.11. The SMILES string of the molecule is CNc1sc(S(=O)(=O)Nc2ccc(F)cc2)cc1[N+](=O)[O-]. The van der Waals surface area contributed by atoms with Crippen LogP contribution in [0.3, 0.4) is 0 Å². The summed E-state index contributed by atoms with van der Waals surface area (Å²) in [5.41, 5.74) is -0.152. The van der Waals surface area contributed by atoms with Gasteiger partial charge in [-0.25, -0.2) is 12.8 Å². The van der Waals surface area contributed by atoms with E-state index in [2.05, 4.69) is 10.0 Å². The Bertz CT molecular complexity index is 771. The molecule has 0 bridgehead atoms. The molecule has 0 radical (unpaired) electrons. The lowest BCUT2D eigenvalue weighted by atomic mass is 10.3. The first-order valence-electron chi connectivity index (χ1n) is 5.58. The van der Waals surface area contributed by atoms with Crippen LogP contribution in [0, 0.1) is 15.9 Å². The van der Waals surface area contributed by atoms with E-state index in [4.69, 9.17) is 0 Å². The summed E-state index contributed by atoms with van der Waals surface area (Å²) >= 11 is 0.740. The number of anilines is 2. The van der Waals surface area contributed by atoms with Gasteiger partial charge in [0.2, 0.25) is 0 Å². The predicted molar refractivity (Wildman–Crippen MR) is 77.7 cm³/mol. The molecule has 10 heteroatoms. The van der Waals surface area contributed by atoms with Gasteiger partial charge in [0.05, 0.1) is 4.92 Å². The predicted octanol–water partition coefficient (Wildman–Crippen LogP) is 2.64. The number of nitro groups is 1. The largest absolute Gasteiger partial charge is 0.374 e. The van der Waals surface area contributed by atoms with Crippen LogP contribution in [0.2, 0.25) is 0 Å². The first kappa shape index (κ1) is 15.2. The molecule has 0 saturated heterocycles. The second kappa shape index (κ2) is 5.66. The highest BCUT2D eigenvalue weighted by Gasteiger charge is 2.25. The van der Waals surface area contributed by atoms with E-state index in [1.54, 1.807) is 0 Å². The van der Waals surface area contributed by atoms with Crippen molar-refractivity contribution in [2.75, 3.05) is 17.1 Å². The van der Waals surface area contributed by atoms with Crippen molar-refractivity contribution in [3.8, 4) is 0 Å². The Hall–Kier alpha value is -2.20. The number of hydrogen-bond donors (Lipinski definition) is 2. The van der Waals surface area contributed by atoms with Crippen LogP contribution in [-0.4, -0.2) is 20.4 Å². The van der Waals surface area contributed by atoms with Crippen LogP contribution in [0.4, 0.5) is 20.8 Å². The molecule has 1 aromatic carbocycles. The van der Waals surface area contributed by atoms with Crippen molar-refractivity contribution in [1.29, 1.82) is 0 Å². The molecule has 0 aliphatic carbocycles. The van der Waals surface area contributed by atoms with Crippen molar-refractivity contribution >= 4 is 37.7 Å². The van der Waals surface area contributed by atoms with Gasteiger partial charge in [-0.15, -0.1) is 0 Å². The number of hydrogen-bond acceptors (Lipinski definition) is 6. The van der Waals surface area contributed by atoms with E-state index in [0.29, 0.717) is 0 Å². The molecule has 0 saturated carbocycles. The van der Waals surface area contributed by atoms with Crippen LogP contribution in [0.15, 0.2) is 34.5 Å². The maximum atomic E-state index is 12.8. The second-order valence-electron chi connectivity index (χ2n) is 3.90. The van der Waals surface area contributed by atoms with Gasteiger partial charge in [-0.1, -0.05) is 11.3 Å². The Balaban J connectivity index is 2.35. The van der Waals surface area contributed by atoms with Crippen molar-refractivity contribution in [1.82, 2.24) is 0 Å². The van der Waals surface area contributed by atoms with Crippen molar-refractivity contribution in [3.63, 3.8) is 0 Å². The molecule has 7 nitrogen and oxygen atoms in total. The van der Waals surface area contributed by atoms with E-state index < -0.39 is 20.8 Å². The van der Waals surface area contributed by atoms with Gasteiger partial charge in [-0.2, -0.15) is 0 Å². The fourth-order valence-electron chi connectivity index (χ4n) is 1.53. The minimum atomic E-state index is -3.97. The van der Waals surface area contributed by atoms with Crippen molar-refractivity contribution in [2.45, 2.75) is 4.21 Å². The smallest absolute Gasteiger partial charge is 0.304 e. The summed E-state index contributed by atoms with van der Waals surface area (Å²) in [6.45, 7) is 0. The lowest BCUT2D eigenvalue weighted by Gasteiger charge is -2.05. The minimum Gasteiger partial charge on any atom is -0.374 e. The monoisotopic (exact) mass is 331 g/mol. The molecule has 112 valence electrons. The molecule has 2 aromatic rings. The molecule has 0 spiro atoms. The standard InChI is InChI=1S/C11H10FN3O4S2/c1-13-11-9(15(16)17)6-10(20-11)21(18,19)14-8-4-2-7(12)3-5-8/h2-6,13-14H,1H3. The van der Waals surface area contributed by atoms with Gasteiger partial charge in [0, 0.05) is 18.8 Å². The second-order valence-corrected chi connectivity index (χ2v) is 6.86. The Morgan fingerprint density at radius 1 is 1.29 bits per heavy atom. The van der Waals surface area contributed by atoms with Crippen LogP contribution in [0.1, 0.15) is 0 Å². The number of nitrogens with one attached hydrogen (secondary N) is 2. The Kier molecular flexibility index (Phi) is 4.09. The molecular formula is C11H10FN3O4S2. The van der Waals surface area contributed by atoms with Gasteiger partial charge in [0.25, 0.3) is 10.0 Å². The van der Waals surface area contributed by atoms with E-state index >= 15 is 0 Å². The molecule has 0 amide bonds. The molecule has 1 aromatic heterocycles. The van der Waals surface area contributed by atoms with E-state index in [1.807, 2.05) is 0 Å². The van der Waals surface area contributed by atoms with Crippen LogP contribution in [-0.2, 0) is 10.0 Å². The van der Waals surface area contributed by atoms with Gasteiger partial charge in [0.1, 0.15) is 10.0 Å². The highest BCUT2D eigenvalue weighted by Crippen LogP contribution is 2.37. The van der Waals surface area contributed by atoms with E-state index in [9.17, 15) is 22.9 Å². The van der Waals surface area contributed by atoms with Crippen molar-refractivity contribution in [2.24, 2.45) is 0 Å². The normalized spacial score (nSPS) is 11.1. The van der Waals surface area contributed by atoms with E-state index in [1.165, 1.54) is 19.2 Å². The summed E-state index contributed by atoms with van der Waals surface area (Å²) in [6, 6.07) is 5.70. The maximum Gasteiger partial charge on any atom is 0.304 e. The van der Waals surface area contributed by atoms with Gasteiger partial charge >= 0.3 is 5.69 Å². The molecule has 1 heterocycles. The number of sulfonamides is 1. The zero-order chi connectivity index (χ0) is 15.6. The third-order valence-electron chi connectivity index (χ3n) is 2.47. The molecule has 0 aliphatic rings. The number of nitrogens with zero attached hydrogens (tertiary/aromatic N) is 1. The van der Waals surface area contributed by atoms with Crippen LogP contribution in [0.25, 0.3) is 0 Å². The average Bonchev–Trinajstić information content (AvgIpc) is 2.86. The van der Waals surface area contributed by atoms with Crippen LogP contribution >= 0.6 is 11.3 Å². The minimum absolute atomic E-state index is 0.138. The maximum absolute atomic E-state index is 12.8. The van der Waals surface area contributed by atoms with Crippen molar-refractivity contribution in [3.05, 3.63) is 46.3 Å². The van der Waals surface area contributed by atoms with E-state index in [-0.39, 0.29) is 20.6 Å². The Morgan fingerprint density at radius 3 is 2.38 bits per heavy atom. The first-order valence-corrected chi connectivity index (χ1v) is 7.88. The number of halogens is 1. The first-order chi connectivity index (χ1) is 9.83. The van der Waals surface area contributed by atoms with Crippen LogP contribution < -0.4 is 10.0 Å². The number of rotatable bonds is 5. The third kappa shape index (κ3) is 3.28. The topological polar surface area (TPSA) is 101 Å². The van der Waals surface area contributed by atoms with Gasteiger partial charge < -0.3 is 5.32 Å². The molecule has 21 heavy (non-hydrogen) atoms. The Labute approximate surface area is 123 Å². The number of thiophene rings is 1. The molecule has 0 aliphatic heterocycles.